The Labute approximate surface area is 234 Å². The lowest BCUT2D eigenvalue weighted by molar-refractivity contribution is 0.347. The van der Waals surface area contributed by atoms with E-state index in [9.17, 15) is 16.8 Å². The average molecular weight is 597 g/mol. The summed E-state index contributed by atoms with van der Waals surface area (Å²) in [5.41, 5.74) is 3.38. The summed E-state index contributed by atoms with van der Waals surface area (Å²) >= 11 is 5.86. The summed E-state index contributed by atoms with van der Waals surface area (Å²) in [6.45, 7) is 3.66. The number of benzene rings is 3. The topological polar surface area (TPSA) is 114 Å². The van der Waals surface area contributed by atoms with Crippen LogP contribution >= 0.6 is 11.6 Å². The molecule has 0 spiro atoms. The first-order valence-corrected chi connectivity index (χ1v) is 15.5. The van der Waals surface area contributed by atoms with Crippen molar-refractivity contribution in [2.45, 2.75) is 13.8 Å². The van der Waals surface area contributed by atoms with Crippen molar-refractivity contribution in [2.24, 2.45) is 0 Å². The Bertz CT molecular complexity index is 1590. The van der Waals surface area contributed by atoms with Crippen LogP contribution in [0.1, 0.15) is 12.5 Å². The molecule has 12 heteroatoms. The summed E-state index contributed by atoms with van der Waals surface area (Å²) in [5, 5.41) is 0.530. The van der Waals surface area contributed by atoms with Crippen molar-refractivity contribution in [3.63, 3.8) is 0 Å². The second-order valence-corrected chi connectivity index (χ2v) is 12.3. The number of halogens is 1. The van der Waals surface area contributed by atoms with Crippen molar-refractivity contribution in [3.05, 3.63) is 65.2 Å². The van der Waals surface area contributed by atoms with Crippen LogP contribution in [0.3, 0.4) is 0 Å². The highest BCUT2D eigenvalue weighted by Crippen LogP contribution is 2.46. The zero-order valence-electron chi connectivity index (χ0n) is 22.3. The predicted molar refractivity (Wildman–Crippen MR) is 151 cm³/mol. The van der Waals surface area contributed by atoms with E-state index < -0.39 is 20.2 Å². The van der Waals surface area contributed by atoms with E-state index in [4.69, 9.17) is 34.2 Å². The summed E-state index contributed by atoms with van der Waals surface area (Å²) in [6, 6.07) is 13.2. The van der Waals surface area contributed by atoms with Gasteiger partial charge >= 0.3 is 20.2 Å². The first-order chi connectivity index (χ1) is 18.2. The number of ether oxygens (including phenoxy) is 3. The Hall–Kier alpha value is -3.41. The molecule has 0 radical (unpaired) electrons. The van der Waals surface area contributed by atoms with Gasteiger partial charge in [0.2, 0.25) is 0 Å². The molecule has 0 N–H and O–H groups in total. The summed E-state index contributed by atoms with van der Waals surface area (Å²) in [5.74, 6) is 1.42. The molecule has 0 unspecified atom stereocenters. The number of allylic oxidation sites excluding steroid dienone is 1. The van der Waals surface area contributed by atoms with Crippen LogP contribution in [0.15, 0.2) is 59.6 Å². The van der Waals surface area contributed by atoms with Crippen LogP contribution in [0.2, 0.25) is 0 Å². The van der Waals surface area contributed by atoms with E-state index >= 15 is 0 Å². The Morgan fingerprint density at radius 2 is 1.44 bits per heavy atom. The Kier molecular flexibility index (Phi) is 9.42. The van der Waals surface area contributed by atoms with Crippen LogP contribution in [0.5, 0.6) is 28.7 Å². The minimum Gasteiger partial charge on any atom is -0.496 e. The van der Waals surface area contributed by atoms with E-state index in [0.29, 0.717) is 38.8 Å². The largest absolute Gasteiger partial charge is 0.496 e. The zero-order chi connectivity index (χ0) is 29.0. The third-order valence-electron chi connectivity index (χ3n) is 5.40. The number of methoxy groups -OCH3 is 2. The van der Waals surface area contributed by atoms with Crippen molar-refractivity contribution in [3.8, 4) is 51.0 Å². The molecular formula is C27H29ClO9S2. The molecule has 0 saturated carbocycles. The second-order valence-electron chi connectivity index (χ2n) is 8.52. The van der Waals surface area contributed by atoms with Gasteiger partial charge in [-0.15, -0.1) is 0 Å². The molecular weight excluding hydrogens is 568 g/mol. The number of rotatable bonds is 11. The van der Waals surface area contributed by atoms with Gasteiger partial charge in [-0.1, -0.05) is 29.8 Å². The van der Waals surface area contributed by atoms with Crippen LogP contribution in [-0.4, -0.2) is 50.2 Å². The van der Waals surface area contributed by atoms with Crippen molar-refractivity contribution in [1.82, 2.24) is 0 Å². The van der Waals surface area contributed by atoms with Crippen LogP contribution in [-0.2, 0) is 20.2 Å². The normalized spacial score (nSPS) is 12.1. The van der Waals surface area contributed by atoms with Gasteiger partial charge in [0.05, 0.1) is 26.7 Å². The fraction of sp³-hybridized carbons (Fsp3) is 0.259. The fourth-order valence-electron chi connectivity index (χ4n) is 3.89. The molecule has 39 heavy (non-hydrogen) atoms. The van der Waals surface area contributed by atoms with Gasteiger partial charge in [0.1, 0.15) is 23.9 Å². The summed E-state index contributed by atoms with van der Waals surface area (Å²) in [7, 11) is -4.47. The molecule has 0 amide bonds. The minimum absolute atomic E-state index is 0.00147. The summed E-state index contributed by atoms with van der Waals surface area (Å²) in [4.78, 5) is 0. The molecule has 3 aromatic carbocycles. The molecule has 0 heterocycles. The molecule has 3 aromatic rings. The lowest BCUT2D eigenvalue weighted by Gasteiger charge is -2.20. The van der Waals surface area contributed by atoms with Crippen LogP contribution < -0.4 is 22.6 Å². The Balaban J connectivity index is 2.14. The first kappa shape index (κ1) is 30.1. The molecule has 0 saturated heterocycles. The van der Waals surface area contributed by atoms with E-state index in [-0.39, 0.29) is 23.9 Å². The van der Waals surface area contributed by atoms with Crippen LogP contribution in [0.25, 0.3) is 22.3 Å². The zero-order valence-corrected chi connectivity index (χ0v) is 24.7. The van der Waals surface area contributed by atoms with Gasteiger partial charge < -0.3 is 22.6 Å². The molecule has 0 aromatic heterocycles. The highest BCUT2D eigenvalue weighted by atomic mass is 35.5. The molecule has 0 aliphatic carbocycles. The minimum atomic E-state index is -3.86. The van der Waals surface area contributed by atoms with Gasteiger partial charge in [0.15, 0.2) is 11.5 Å². The summed E-state index contributed by atoms with van der Waals surface area (Å²) in [6.07, 6.45) is 3.55. The number of hydrogen-bond acceptors (Lipinski definition) is 9. The van der Waals surface area contributed by atoms with Gasteiger partial charge in [-0.05, 0) is 61.4 Å². The molecule has 210 valence electrons. The Morgan fingerprint density at radius 1 is 0.821 bits per heavy atom. The monoisotopic (exact) mass is 596 g/mol. The van der Waals surface area contributed by atoms with Gasteiger partial charge in [-0.3, -0.25) is 0 Å². The van der Waals surface area contributed by atoms with Crippen molar-refractivity contribution in [1.29, 1.82) is 0 Å². The molecule has 0 fully saturated rings. The maximum Gasteiger partial charge on any atom is 0.306 e. The first-order valence-electron chi connectivity index (χ1n) is 11.5. The molecule has 0 aliphatic heterocycles. The van der Waals surface area contributed by atoms with Crippen LogP contribution in [0.4, 0.5) is 0 Å². The Morgan fingerprint density at radius 3 is 1.97 bits per heavy atom. The van der Waals surface area contributed by atoms with Gasteiger partial charge in [-0.2, -0.15) is 16.8 Å². The van der Waals surface area contributed by atoms with E-state index in [1.807, 2.05) is 6.92 Å². The van der Waals surface area contributed by atoms with E-state index in [1.54, 1.807) is 61.5 Å². The predicted octanol–water partition coefficient (Wildman–Crippen LogP) is 5.54. The molecule has 9 nitrogen and oxygen atoms in total. The number of hydrogen-bond donors (Lipinski definition) is 0. The van der Waals surface area contributed by atoms with Crippen molar-refractivity contribution < 1.29 is 39.4 Å². The van der Waals surface area contributed by atoms with E-state index in [1.165, 1.54) is 14.2 Å². The lowest BCUT2D eigenvalue weighted by atomic mass is 9.93. The maximum absolute atomic E-state index is 12.0. The molecule has 0 atom stereocenters. The molecule has 0 bridgehead atoms. The van der Waals surface area contributed by atoms with E-state index in [0.717, 1.165) is 18.1 Å². The third-order valence-corrected chi connectivity index (χ3v) is 6.53. The van der Waals surface area contributed by atoms with Crippen molar-refractivity contribution in [2.75, 3.05) is 33.3 Å². The lowest BCUT2D eigenvalue weighted by Crippen LogP contribution is -2.08. The van der Waals surface area contributed by atoms with E-state index in [2.05, 4.69) is 0 Å². The summed E-state index contributed by atoms with van der Waals surface area (Å²) < 4.78 is 74.2. The highest BCUT2D eigenvalue weighted by Gasteiger charge is 2.22. The fourth-order valence-corrected chi connectivity index (χ4v) is 4.87. The maximum atomic E-state index is 12.0. The standard InChI is InChI=1S/C27H29ClO9S2/c1-17(28)13-14-35-23-12-9-20(15-24(23)37-39(6,31)32)26-18(2)27(34-4)22(16-25(26)33-3)19-7-10-21(11-8-19)36-38(5,29)30/h7-13,15-16H,14H2,1-6H3/b17-13+. The quantitative estimate of drug-likeness (QED) is 0.263. The van der Waals surface area contributed by atoms with Crippen molar-refractivity contribution >= 4 is 31.8 Å². The molecule has 3 rings (SSSR count). The molecule has 0 aliphatic rings. The second kappa shape index (κ2) is 12.2. The van der Waals surface area contributed by atoms with Gasteiger partial charge in [0, 0.05) is 21.7 Å². The highest BCUT2D eigenvalue weighted by molar-refractivity contribution is 7.86. The third kappa shape index (κ3) is 8.04. The van der Waals surface area contributed by atoms with Gasteiger partial charge in [0.25, 0.3) is 0 Å². The van der Waals surface area contributed by atoms with Gasteiger partial charge in [-0.25, -0.2) is 0 Å². The SMILES string of the molecule is COc1cc(-c2ccc(OS(C)(=O)=O)cc2)c(OC)c(C)c1-c1ccc(OC/C=C(\C)Cl)c(OS(C)(=O)=O)c1. The smallest absolute Gasteiger partial charge is 0.306 e. The van der Waals surface area contributed by atoms with Crippen LogP contribution in [0, 0.1) is 6.92 Å². The average Bonchev–Trinajstić information content (AvgIpc) is 2.82.